The molecule has 10 aromatic carbocycles. The molecule has 4 nitrogen and oxygen atoms in total. The van der Waals surface area contributed by atoms with Gasteiger partial charge in [0.1, 0.15) is 0 Å². The number of fused-ring (bicyclic) bond motifs is 6. The minimum Gasteiger partial charge on any atom is -0.308 e. The van der Waals surface area contributed by atoms with E-state index >= 15 is 13.2 Å². The van der Waals surface area contributed by atoms with Gasteiger partial charge in [-0.1, -0.05) is 150 Å². The lowest BCUT2D eigenvalue weighted by molar-refractivity contribution is -0.137. The van der Waals surface area contributed by atoms with Gasteiger partial charge in [-0.2, -0.15) is 23.7 Å². The van der Waals surface area contributed by atoms with Crippen molar-refractivity contribution in [3.63, 3.8) is 0 Å². The number of benzene rings is 10. The molecule has 0 N–H and O–H groups in total. The topological polar surface area (TPSA) is 57.4 Å². The van der Waals surface area contributed by atoms with Gasteiger partial charge in [0.05, 0.1) is 62.3 Å². The Balaban J connectivity index is 1.29. The van der Waals surface area contributed by atoms with Crippen LogP contribution in [0.4, 0.5) is 13.2 Å². The quantitative estimate of drug-likeness (QED) is 0.160. The molecule has 12 aromatic rings. The summed E-state index contributed by atoms with van der Waals surface area (Å²) in [5.74, 6) is 0. The zero-order valence-electron chi connectivity index (χ0n) is 44.7. The molecule has 0 amide bonds. The Hall–Kier alpha value is -9.43. The number of hydrogen-bond acceptors (Lipinski definition) is 2. The van der Waals surface area contributed by atoms with Crippen molar-refractivity contribution in [2.75, 3.05) is 0 Å². The fourth-order valence-corrected chi connectivity index (χ4v) is 12.1. The standard InChI is InChI=1S/C71H53F3N4/c1-40-9-18-54(44(5)27-40)50-14-23-58-59-24-15-51(55-19-10-41(2)28-45(55)6)35-65(59)77(64(58)34-50)68-32-49(39-76)33-69(70(68)62-22-13-48(38-75)31-63(62)71(72,73)74)78-66-36-52(56-20-11-42(3)29-46(56)7)16-25-60(66)61-26-17-53(37-67(61)78)57-21-12-43(4)30-47(57)8/h9-37H,1-8H3. The summed E-state index contributed by atoms with van der Waals surface area (Å²) in [6, 6.07) is 62.6. The highest BCUT2D eigenvalue weighted by Gasteiger charge is 2.36. The Kier molecular flexibility index (Phi) is 11.8. The molecule has 0 spiro atoms. The predicted octanol–water partition coefficient (Wildman–Crippen LogP) is 19.4. The number of hydrogen-bond donors (Lipinski definition) is 0. The van der Waals surface area contributed by atoms with E-state index < -0.39 is 11.7 Å². The van der Waals surface area contributed by atoms with Gasteiger partial charge in [-0.3, -0.25) is 0 Å². The fraction of sp³-hybridized carbons (Fsp3) is 0.127. The van der Waals surface area contributed by atoms with Crippen molar-refractivity contribution in [2.24, 2.45) is 0 Å². The molecule has 2 heterocycles. The molecule has 0 atom stereocenters. The molecule has 378 valence electrons. The van der Waals surface area contributed by atoms with Crippen molar-refractivity contribution in [1.82, 2.24) is 9.13 Å². The SMILES string of the molecule is Cc1ccc(-c2ccc3c4ccc(-c5ccc(C)cc5C)cc4n(-c4cc(C#N)cc(-n5c6cc(-c7ccc(C)cc7C)ccc6c6ccc(-c7ccc(C)cc7C)cc65)c4-c4ccc(C#N)cc4C(F)(F)F)c3c2)c(C)c1. The number of rotatable bonds is 7. The minimum atomic E-state index is -4.90. The molecule has 0 bridgehead atoms. The van der Waals surface area contributed by atoms with Crippen molar-refractivity contribution in [2.45, 2.75) is 61.6 Å². The predicted molar refractivity (Wildman–Crippen MR) is 315 cm³/mol. The maximum atomic E-state index is 16.2. The van der Waals surface area contributed by atoms with Gasteiger partial charge in [0, 0.05) is 27.1 Å². The Morgan fingerprint density at radius 2 is 0.641 bits per heavy atom. The zero-order chi connectivity index (χ0) is 54.5. The number of halogens is 3. The summed E-state index contributed by atoms with van der Waals surface area (Å²) in [7, 11) is 0. The molecule has 7 heteroatoms. The smallest absolute Gasteiger partial charge is 0.308 e. The third kappa shape index (κ3) is 8.31. The summed E-state index contributed by atoms with van der Waals surface area (Å²) in [5, 5.41) is 25.1. The van der Waals surface area contributed by atoms with Crippen LogP contribution >= 0.6 is 0 Å². The molecular weight excluding hydrogens is 966 g/mol. The van der Waals surface area contributed by atoms with Crippen LogP contribution in [-0.2, 0) is 6.18 Å². The van der Waals surface area contributed by atoms with Gasteiger partial charge in [0.2, 0.25) is 0 Å². The van der Waals surface area contributed by atoms with E-state index in [1.54, 1.807) is 12.1 Å². The minimum absolute atomic E-state index is 0.121. The first-order valence-corrected chi connectivity index (χ1v) is 26.2. The third-order valence-corrected chi connectivity index (χ3v) is 15.7. The highest BCUT2D eigenvalue weighted by Crippen LogP contribution is 2.49. The lowest BCUT2D eigenvalue weighted by Gasteiger charge is -2.23. The molecule has 0 fully saturated rings. The molecule has 0 saturated carbocycles. The van der Waals surface area contributed by atoms with E-state index in [0.29, 0.717) is 11.4 Å². The molecule has 0 saturated heterocycles. The average Bonchev–Trinajstić information content (AvgIpc) is 3.95. The van der Waals surface area contributed by atoms with E-state index in [4.69, 9.17) is 0 Å². The molecule has 78 heavy (non-hydrogen) atoms. The molecule has 12 rings (SSSR count). The first kappa shape index (κ1) is 49.4. The van der Waals surface area contributed by atoms with Gasteiger partial charge in [0.25, 0.3) is 0 Å². The van der Waals surface area contributed by atoms with Gasteiger partial charge in [0.15, 0.2) is 0 Å². The Labute approximate surface area is 452 Å². The van der Waals surface area contributed by atoms with E-state index in [0.717, 1.165) is 139 Å². The van der Waals surface area contributed by atoms with Crippen molar-refractivity contribution in [1.29, 1.82) is 10.5 Å². The van der Waals surface area contributed by atoms with Crippen LogP contribution in [0.25, 0.3) is 111 Å². The summed E-state index contributed by atoms with van der Waals surface area (Å²) in [4.78, 5) is 0. The van der Waals surface area contributed by atoms with E-state index in [1.165, 1.54) is 12.1 Å². The summed E-state index contributed by atoms with van der Waals surface area (Å²) >= 11 is 0. The Bertz CT molecular complexity index is 4140. The van der Waals surface area contributed by atoms with Gasteiger partial charge < -0.3 is 9.13 Å². The number of aromatic nitrogens is 2. The van der Waals surface area contributed by atoms with Crippen LogP contribution in [0.15, 0.2) is 176 Å². The third-order valence-electron chi connectivity index (χ3n) is 15.7. The van der Waals surface area contributed by atoms with Crippen molar-refractivity contribution in [3.8, 4) is 79.1 Å². The van der Waals surface area contributed by atoms with Crippen molar-refractivity contribution < 1.29 is 13.2 Å². The monoisotopic (exact) mass is 1020 g/mol. The normalized spacial score (nSPS) is 11.8. The largest absolute Gasteiger partial charge is 0.417 e. The van der Waals surface area contributed by atoms with Crippen molar-refractivity contribution >= 4 is 43.6 Å². The van der Waals surface area contributed by atoms with Gasteiger partial charge >= 0.3 is 6.18 Å². The Morgan fingerprint density at radius 3 is 0.923 bits per heavy atom. The second kappa shape index (κ2) is 18.7. The molecule has 0 unspecified atom stereocenters. The number of nitriles is 2. The highest BCUT2D eigenvalue weighted by atomic mass is 19.4. The molecule has 0 aliphatic carbocycles. The van der Waals surface area contributed by atoms with E-state index in [2.05, 4.69) is 216 Å². The lowest BCUT2D eigenvalue weighted by Crippen LogP contribution is -2.11. The van der Waals surface area contributed by atoms with Gasteiger partial charge in [-0.05, 0) is 176 Å². The number of aryl methyl sites for hydroxylation is 8. The van der Waals surface area contributed by atoms with Crippen LogP contribution in [-0.4, -0.2) is 9.13 Å². The van der Waals surface area contributed by atoms with Gasteiger partial charge in [-0.25, -0.2) is 0 Å². The van der Waals surface area contributed by atoms with E-state index in [1.807, 2.05) is 6.07 Å². The summed E-state index contributed by atoms with van der Waals surface area (Å²) in [6.07, 6.45) is -4.90. The number of alkyl halides is 3. The lowest BCUT2D eigenvalue weighted by atomic mass is 9.92. The first-order valence-electron chi connectivity index (χ1n) is 26.2. The highest BCUT2D eigenvalue weighted by molar-refractivity contribution is 6.14. The summed E-state index contributed by atoms with van der Waals surface area (Å²) in [6.45, 7) is 16.6. The van der Waals surface area contributed by atoms with Crippen LogP contribution in [0.5, 0.6) is 0 Å². The zero-order valence-corrected chi connectivity index (χ0v) is 44.7. The molecule has 0 aliphatic rings. The fourth-order valence-electron chi connectivity index (χ4n) is 12.1. The molecule has 0 aliphatic heterocycles. The van der Waals surface area contributed by atoms with Crippen LogP contribution < -0.4 is 0 Å². The van der Waals surface area contributed by atoms with Crippen LogP contribution in [0.3, 0.4) is 0 Å². The van der Waals surface area contributed by atoms with E-state index in [9.17, 15) is 10.5 Å². The first-order chi connectivity index (χ1) is 37.5. The molecule has 0 radical (unpaired) electrons. The van der Waals surface area contributed by atoms with Crippen LogP contribution in [0, 0.1) is 78.1 Å². The van der Waals surface area contributed by atoms with Crippen molar-refractivity contribution in [3.05, 3.63) is 237 Å². The second-order valence-corrected chi connectivity index (χ2v) is 21.2. The van der Waals surface area contributed by atoms with Gasteiger partial charge in [-0.15, -0.1) is 0 Å². The number of nitrogens with zero attached hydrogens (tertiary/aromatic N) is 4. The molecular formula is C71H53F3N4. The van der Waals surface area contributed by atoms with Crippen LogP contribution in [0.1, 0.15) is 61.2 Å². The van der Waals surface area contributed by atoms with Crippen LogP contribution in [0.2, 0.25) is 0 Å². The maximum Gasteiger partial charge on any atom is 0.417 e. The maximum absolute atomic E-state index is 16.2. The summed E-state index contributed by atoms with van der Waals surface area (Å²) in [5.41, 5.74) is 19.8. The average molecular weight is 1020 g/mol. The Morgan fingerprint density at radius 1 is 0.333 bits per heavy atom. The summed E-state index contributed by atoms with van der Waals surface area (Å²) < 4.78 is 52.8. The molecule has 2 aromatic heterocycles. The second-order valence-electron chi connectivity index (χ2n) is 21.2. The van der Waals surface area contributed by atoms with E-state index in [-0.39, 0.29) is 22.3 Å².